The van der Waals surface area contributed by atoms with Crippen molar-refractivity contribution in [3.63, 3.8) is 0 Å². The summed E-state index contributed by atoms with van der Waals surface area (Å²) in [5.74, 6) is 0.948. The first-order valence-corrected chi connectivity index (χ1v) is 8.83. The first-order chi connectivity index (χ1) is 9.43. The van der Waals surface area contributed by atoms with E-state index in [1.54, 1.807) is 0 Å². The summed E-state index contributed by atoms with van der Waals surface area (Å²) >= 11 is 1.82. The van der Waals surface area contributed by atoms with Gasteiger partial charge >= 0.3 is 0 Å². The predicted molar refractivity (Wildman–Crippen MR) is 82.8 cm³/mol. The third kappa shape index (κ3) is 3.59. The molecule has 2 nitrogen and oxygen atoms in total. The van der Waals surface area contributed by atoms with Gasteiger partial charge in [0.05, 0.1) is 0 Å². The third-order valence-electron chi connectivity index (χ3n) is 4.86. The summed E-state index contributed by atoms with van der Waals surface area (Å²) in [4.78, 5) is 2.77. The Kier molecular flexibility index (Phi) is 4.91. The van der Waals surface area contributed by atoms with E-state index in [-0.39, 0.29) is 0 Å². The third-order valence-corrected chi connectivity index (χ3v) is 5.59. The zero-order chi connectivity index (χ0) is 12.9. The average Bonchev–Trinajstić information content (AvgIpc) is 3.00. The molecule has 1 aromatic heterocycles. The lowest BCUT2D eigenvalue weighted by molar-refractivity contribution is 0.0937. The van der Waals surface area contributed by atoms with Crippen molar-refractivity contribution in [3.8, 4) is 0 Å². The maximum Gasteiger partial charge on any atom is 0.0249 e. The predicted octanol–water partition coefficient (Wildman–Crippen LogP) is 3.14. The van der Waals surface area contributed by atoms with Crippen LogP contribution in [0, 0.1) is 5.92 Å². The molecule has 2 fully saturated rings. The molecule has 0 bridgehead atoms. The number of thiophene rings is 1. The van der Waals surface area contributed by atoms with Crippen LogP contribution in [0.25, 0.3) is 0 Å². The molecule has 0 amide bonds. The lowest BCUT2D eigenvalue weighted by Gasteiger charge is -2.42. The van der Waals surface area contributed by atoms with Gasteiger partial charge in [0.1, 0.15) is 0 Å². The molecule has 1 N–H and O–H groups in total. The van der Waals surface area contributed by atoms with E-state index >= 15 is 0 Å². The van der Waals surface area contributed by atoms with Gasteiger partial charge in [-0.15, -0.1) is 0 Å². The molecule has 3 heteroatoms. The van der Waals surface area contributed by atoms with Crippen LogP contribution in [0.5, 0.6) is 0 Å². The SMILES string of the molecule is c1cc(CCN2CCNCC2C2CCCCC2)cs1. The molecule has 1 aliphatic heterocycles. The van der Waals surface area contributed by atoms with Crippen LogP contribution in [0.4, 0.5) is 0 Å². The standard InChI is InChI=1S/C16H26N2S/c1-2-4-15(5-3-1)16-12-17-8-10-18(16)9-6-14-7-11-19-13-14/h7,11,13,15-17H,1-6,8-10,12H2. The van der Waals surface area contributed by atoms with Gasteiger partial charge < -0.3 is 5.32 Å². The fourth-order valence-electron chi connectivity index (χ4n) is 3.74. The molecule has 3 rings (SSSR count). The van der Waals surface area contributed by atoms with Gasteiger partial charge in [0, 0.05) is 32.2 Å². The van der Waals surface area contributed by atoms with E-state index in [1.165, 1.54) is 70.3 Å². The molecule has 1 atom stereocenters. The topological polar surface area (TPSA) is 15.3 Å². The second kappa shape index (κ2) is 6.87. The van der Waals surface area contributed by atoms with Gasteiger partial charge in [0.2, 0.25) is 0 Å². The summed E-state index contributed by atoms with van der Waals surface area (Å²) in [5.41, 5.74) is 1.52. The molecule has 0 radical (unpaired) electrons. The van der Waals surface area contributed by atoms with Crippen molar-refractivity contribution < 1.29 is 0 Å². The van der Waals surface area contributed by atoms with Crippen LogP contribution in [-0.2, 0) is 6.42 Å². The van der Waals surface area contributed by atoms with Crippen molar-refractivity contribution >= 4 is 11.3 Å². The molecule has 1 aliphatic carbocycles. The first kappa shape index (κ1) is 13.6. The normalized spacial score (nSPS) is 26.6. The van der Waals surface area contributed by atoms with Crippen LogP contribution < -0.4 is 5.32 Å². The Labute approximate surface area is 121 Å². The van der Waals surface area contributed by atoms with Crippen molar-refractivity contribution in [1.82, 2.24) is 10.2 Å². The molecule has 1 unspecified atom stereocenters. The van der Waals surface area contributed by atoms with Crippen LogP contribution in [0.15, 0.2) is 16.8 Å². The van der Waals surface area contributed by atoms with Crippen molar-refractivity contribution in [2.24, 2.45) is 5.92 Å². The van der Waals surface area contributed by atoms with Gasteiger partial charge in [-0.05, 0) is 47.6 Å². The molecule has 1 aromatic rings. The number of rotatable bonds is 4. The van der Waals surface area contributed by atoms with Crippen molar-refractivity contribution in [1.29, 1.82) is 0 Å². The highest BCUT2D eigenvalue weighted by molar-refractivity contribution is 7.07. The Balaban J connectivity index is 1.56. The summed E-state index contributed by atoms with van der Waals surface area (Å²) in [6.07, 6.45) is 8.53. The number of nitrogens with one attached hydrogen (secondary N) is 1. The molecule has 1 saturated carbocycles. The summed E-state index contributed by atoms with van der Waals surface area (Å²) in [7, 11) is 0. The van der Waals surface area contributed by atoms with E-state index in [0.717, 1.165) is 12.0 Å². The molecular weight excluding hydrogens is 252 g/mol. The minimum Gasteiger partial charge on any atom is -0.314 e. The molecule has 106 valence electrons. The maximum atomic E-state index is 3.62. The van der Waals surface area contributed by atoms with Crippen LogP contribution >= 0.6 is 11.3 Å². The van der Waals surface area contributed by atoms with Gasteiger partial charge in [-0.3, -0.25) is 4.90 Å². The zero-order valence-corrected chi connectivity index (χ0v) is 12.6. The zero-order valence-electron chi connectivity index (χ0n) is 11.8. The van der Waals surface area contributed by atoms with Gasteiger partial charge in [-0.25, -0.2) is 0 Å². The number of hydrogen-bond acceptors (Lipinski definition) is 3. The van der Waals surface area contributed by atoms with Crippen molar-refractivity contribution in [2.75, 3.05) is 26.2 Å². The van der Waals surface area contributed by atoms with Gasteiger partial charge in [-0.2, -0.15) is 11.3 Å². The summed E-state index contributed by atoms with van der Waals surface area (Å²) in [5, 5.41) is 8.12. The van der Waals surface area contributed by atoms with Gasteiger partial charge in [-0.1, -0.05) is 19.3 Å². The van der Waals surface area contributed by atoms with Crippen LogP contribution in [0.1, 0.15) is 37.7 Å². The fraction of sp³-hybridized carbons (Fsp3) is 0.750. The molecule has 0 spiro atoms. The smallest absolute Gasteiger partial charge is 0.0249 e. The first-order valence-electron chi connectivity index (χ1n) is 7.89. The van der Waals surface area contributed by atoms with Crippen molar-refractivity contribution in [3.05, 3.63) is 22.4 Å². The molecule has 0 aromatic carbocycles. The Bertz CT molecular complexity index is 357. The Morgan fingerprint density at radius 2 is 2.16 bits per heavy atom. The monoisotopic (exact) mass is 278 g/mol. The van der Waals surface area contributed by atoms with Gasteiger partial charge in [0.25, 0.3) is 0 Å². The fourth-order valence-corrected chi connectivity index (χ4v) is 4.44. The molecule has 2 heterocycles. The van der Waals surface area contributed by atoms with Crippen LogP contribution in [0.2, 0.25) is 0 Å². The Morgan fingerprint density at radius 1 is 1.26 bits per heavy atom. The number of nitrogens with zero attached hydrogens (tertiary/aromatic N) is 1. The lowest BCUT2D eigenvalue weighted by Crippen LogP contribution is -2.55. The van der Waals surface area contributed by atoms with E-state index < -0.39 is 0 Å². The number of piperazine rings is 1. The molecule has 19 heavy (non-hydrogen) atoms. The van der Waals surface area contributed by atoms with E-state index in [9.17, 15) is 0 Å². The maximum absolute atomic E-state index is 3.62. The summed E-state index contributed by atoms with van der Waals surface area (Å²) in [6.45, 7) is 4.88. The highest BCUT2D eigenvalue weighted by atomic mass is 32.1. The van der Waals surface area contributed by atoms with Crippen LogP contribution in [-0.4, -0.2) is 37.1 Å². The summed E-state index contributed by atoms with van der Waals surface area (Å²) < 4.78 is 0. The van der Waals surface area contributed by atoms with Crippen molar-refractivity contribution in [2.45, 2.75) is 44.6 Å². The molecule has 2 aliphatic rings. The summed E-state index contributed by atoms with van der Waals surface area (Å²) in [6, 6.07) is 3.08. The highest BCUT2D eigenvalue weighted by Gasteiger charge is 2.30. The Morgan fingerprint density at radius 3 is 2.95 bits per heavy atom. The van der Waals surface area contributed by atoms with E-state index in [0.29, 0.717) is 0 Å². The van der Waals surface area contributed by atoms with E-state index in [2.05, 4.69) is 27.0 Å². The number of hydrogen-bond donors (Lipinski definition) is 1. The average molecular weight is 278 g/mol. The highest BCUT2D eigenvalue weighted by Crippen LogP contribution is 2.29. The second-order valence-electron chi connectivity index (χ2n) is 6.09. The molecular formula is C16H26N2S. The van der Waals surface area contributed by atoms with Gasteiger partial charge in [0.15, 0.2) is 0 Å². The Hall–Kier alpha value is -0.380. The lowest BCUT2D eigenvalue weighted by atomic mass is 9.82. The van der Waals surface area contributed by atoms with E-state index in [1.807, 2.05) is 11.3 Å². The van der Waals surface area contributed by atoms with E-state index in [4.69, 9.17) is 0 Å². The quantitative estimate of drug-likeness (QED) is 0.910. The van der Waals surface area contributed by atoms with Crippen LogP contribution in [0.3, 0.4) is 0 Å². The minimum absolute atomic E-state index is 0.799. The molecule has 1 saturated heterocycles. The largest absolute Gasteiger partial charge is 0.314 e. The minimum atomic E-state index is 0.799. The second-order valence-corrected chi connectivity index (χ2v) is 6.87.